The number of likely N-dealkylation sites (N-methyl/N-ethyl adjacent to an activating group) is 2. The molecular weight excluding hydrogens is 941 g/mol. The lowest BCUT2D eigenvalue weighted by atomic mass is 9.44. The van der Waals surface area contributed by atoms with Gasteiger partial charge in [-0.1, -0.05) is 43.5 Å². The molecule has 16 nitrogen and oxygen atoms in total. The first-order valence-corrected chi connectivity index (χ1v) is 23.9. The average Bonchev–Trinajstić information content (AvgIpc) is 3.64. The van der Waals surface area contributed by atoms with Crippen molar-refractivity contribution in [3.63, 3.8) is 0 Å². The molecular formula is C46H65Cl2F4N7O9. The lowest BCUT2D eigenvalue weighted by Gasteiger charge is -2.60. The summed E-state index contributed by atoms with van der Waals surface area (Å²) in [6.45, 7) is 2.70. The largest absolute Gasteiger partial charge is 0.403 e. The Hall–Kier alpha value is -4.27. The Labute approximate surface area is 404 Å². The number of halogens is 6. The third-order valence-corrected chi connectivity index (χ3v) is 14.5. The minimum Gasteiger partial charge on any atom is -0.385 e. The predicted octanol–water partition coefficient (Wildman–Crippen LogP) is 4.13. The molecule has 22 heteroatoms. The molecule has 2 heterocycles. The molecule has 4 aliphatic rings. The first kappa shape index (κ1) is 54.7. The first-order chi connectivity index (χ1) is 32.0. The standard InChI is InChI=1S/C46H65Cl2F4N7O9/c1-26(2)18-32-42(65)58(4)35(20-27-19-28(47)11-12-30(27)48)39(62)56-33(23-68-6)37(60)53-16-8-7-10-34(38(61)55-32)57(3)41(64)31(13-17-67-5)54-40(63)36-21-29(49)22-59(36)43(66)45(46(50,51)52)24-44(25-45)14-9-15-44/h11-12,19,26,29,31-36H,7-10,13-18,20-25H2,1-6H3,(H,53,60)(H,54,63)(H,55,61)(H,56,62)/t29-,31+,32+,33-,34+,35+,36+/m1/s1. The van der Waals surface area contributed by atoms with Crippen molar-refractivity contribution in [2.45, 2.75) is 139 Å². The highest BCUT2D eigenvalue weighted by Gasteiger charge is 2.73. The minimum atomic E-state index is -4.93. The van der Waals surface area contributed by atoms with Gasteiger partial charge in [-0.2, -0.15) is 13.2 Å². The molecule has 2 saturated carbocycles. The molecule has 0 unspecified atom stereocenters. The second-order valence-corrected chi connectivity index (χ2v) is 20.1. The number of carbonyl (C=O) groups excluding carboxylic acids is 7. The molecule has 2 saturated heterocycles. The van der Waals surface area contributed by atoms with E-state index in [9.17, 15) is 46.7 Å². The van der Waals surface area contributed by atoms with E-state index < -0.39 is 127 Å². The molecule has 0 bridgehead atoms. The van der Waals surface area contributed by atoms with Gasteiger partial charge in [0.05, 0.1) is 13.2 Å². The summed E-state index contributed by atoms with van der Waals surface area (Å²) in [5.74, 6) is -6.13. The van der Waals surface area contributed by atoms with Gasteiger partial charge in [-0.25, -0.2) is 4.39 Å². The molecule has 2 aliphatic carbocycles. The van der Waals surface area contributed by atoms with E-state index in [-0.39, 0.29) is 62.8 Å². The Morgan fingerprint density at radius 3 is 2.25 bits per heavy atom. The van der Waals surface area contributed by atoms with Crippen molar-refractivity contribution in [3.05, 3.63) is 33.8 Å². The van der Waals surface area contributed by atoms with E-state index >= 15 is 4.39 Å². The number of hydrogen-bond donors (Lipinski definition) is 4. The lowest BCUT2D eigenvalue weighted by Crippen LogP contribution is -2.66. The zero-order chi connectivity index (χ0) is 50.3. The molecule has 4 N–H and O–H groups in total. The van der Waals surface area contributed by atoms with Crippen LogP contribution in [0.25, 0.3) is 0 Å². The maximum Gasteiger partial charge on any atom is 0.403 e. The molecule has 0 aromatic heterocycles. The van der Waals surface area contributed by atoms with Crippen LogP contribution in [0.5, 0.6) is 0 Å². The average molecular weight is 1010 g/mol. The number of likely N-dealkylation sites (tertiary alicyclic amines) is 1. The van der Waals surface area contributed by atoms with E-state index in [0.29, 0.717) is 34.7 Å². The summed E-state index contributed by atoms with van der Waals surface area (Å²) >= 11 is 12.8. The van der Waals surface area contributed by atoms with Crippen molar-refractivity contribution < 1.29 is 60.6 Å². The van der Waals surface area contributed by atoms with Crippen LogP contribution < -0.4 is 21.3 Å². The Morgan fingerprint density at radius 2 is 1.65 bits per heavy atom. The van der Waals surface area contributed by atoms with Gasteiger partial charge in [0.15, 0.2) is 0 Å². The smallest absolute Gasteiger partial charge is 0.385 e. The number of benzene rings is 1. The van der Waals surface area contributed by atoms with E-state index in [1.165, 1.54) is 34.4 Å². The van der Waals surface area contributed by atoms with Crippen molar-refractivity contribution in [3.8, 4) is 0 Å². The summed E-state index contributed by atoms with van der Waals surface area (Å²) in [7, 11) is 5.39. The number of nitrogens with zero attached hydrogens (tertiary/aromatic N) is 3. The maximum atomic E-state index is 15.1. The molecule has 5 rings (SSSR count). The number of ether oxygens (including phenoxy) is 2. The van der Waals surface area contributed by atoms with Crippen molar-refractivity contribution in [1.82, 2.24) is 36.0 Å². The Balaban J connectivity index is 1.42. The monoisotopic (exact) mass is 1010 g/mol. The molecule has 1 aromatic rings. The quantitative estimate of drug-likeness (QED) is 0.198. The fourth-order valence-corrected chi connectivity index (χ4v) is 10.4. The molecule has 4 fully saturated rings. The first-order valence-electron chi connectivity index (χ1n) is 23.1. The summed E-state index contributed by atoms with van der Waals surface area (Å²) in [6, 6.07) is -3.46. The van der Waals surface area contributed by atoms with Crippen molar-refractivity contribution in [2.75, 3.05) is 54.6 Å². The highest BCUT2D eigenvalue weighted by atomic mass is 35.5. The molecule has 1 spiro atoms. The third kappa shape index (κ3) is 12.5. The second kappa shape index (κ2) is 23.1. The van der Waals surface area contributed by atoms with E-state index in [1.807, 2.05) is 13.8 Å². The molecule has 7 amide bonds. The Kier molecular flexibility index (Phi) is 18.6. The highest BCUT2D eigenvalue weighted by Crippen LogP contribution is 2.69. The van der Waals surface area contributed by atoms with Crippen LogP contribution in [0, 0.1) is 16.7 Å². The zero-order valence-electron chi connectivity index (χ0n) is 39.4. The van der Waals surface area contributed by atoms with Crippen LogP contribution in [0.1, 0.15) is 90.0 Å². The van der Waals surface area contributed by atoms with E-state index in [0.717, 1.165) is 16.2 Å². The van der Waals surface area contributed by atoms with Gasteiger partial charge < -0.3 is 45.4 Å². The Bertz CT molecular complexity index is 2020. The fraction of sp³-hybridized carbons (Fsp3) is 0.717. The molecule has 7 atom stereocenters. The molecule has 2 aliphatic heterocycles. The highest BCUT2D eigenvalue weighted by molar-refractivity contribution is 6.33. The van der Waals surface area contributed by atoms with Crippen LogP contribution in [-0.2, 0) is 49.5 Å². The molecule has 380 valence electrons. The number of carbonyl (C=O) groups is 7. The SMILES string of the molecule is COCC[C@H](NC(=O)[C@@H]1C[C@@H](F)CN1C(=O)C1(C(F)(F)F)CC2(CCC2)C1)C(=O)N(C)[C@H]1CCCCNC(=O)[C@@H](COC)NC(=O)[C@H](Cc2cc(Cl)ccc2Cl)N(C)C(=O)[C@H](CC(C)C)NC1=O. The number of alkyl halides is 4. The molecule has 1 aromatic carbocycles. The molecule has 68 heavy (non-hydrogen) atoms. The van der Waals surface area contributed by atoms with Crippen LogP contribution in [0.2, 0.25) is 10.0 Å². The third-order valence-electron chi connectivity index (χ3n) is 13.9. The van der Waals surface area contributed by atoms with Crippen LogP contribution in [0.15, 0.2) is 18.2 Å². The van der Waals surface area contributed by atoms with Gasteiger partial charge in [0.2, 0.25) is 41.4 Å². The summed E-state index contributed by atoms with van der Waals surface area (Å²) < 4.78 is 69.6. The Morgan fingerprint density at radius 1 is 0.971 bits per heavy atom. The topological polar surface area (TPSA) is 196 Å². The lowest BCUT2D eigenvalue weighted by molar-refractivity contribution is -0.285. The van der Waals surface area contributed by atoms with Gasteiger partial charge in [-0.15, -0.1) is 0 Å². The van der Waals surface area contributed by atoms with Crippen molar-refractivity contribution >= 4 is 64.6 Å². The molecule has 0 radical (unpaired) electrons. The predicted molar refractivity (Wildman–Crippen MR) is 243 cm³/mol. The summed E-state index contributed by atoms with van der Waals surface area (Å²) in [5, 5.41) is 11.4. The number of amides is 7. The van der Waals surface area contributed by atoms with E-state index in [4.69, 9.17) is 32.7 Å². The van der Waals surface area contributed by atoms with Crippen LogP contribution in [0.4, 0.5) is 17.6 Å². The summed E-state index contributed by atoms with van der Waals surface area (Å²) in [6.07, 6.45) is -6.00. The number of rotatable bonds is 14. The number of nitrogens with one attached hydrogen (secondary N) is 4. The number of methoxy groups -OCH3 is 2. The van der Waals surface area contributed by atoms with E-state index in [1.54, 1.807) is 12.1 Å². The minimum absolute atomic E-state index is 0.00308. The van der Waals surface area contributed by atoms with Gasteiger partial charge in [0.1, 0.15) is 47.8 Å². The maximum absolute atomic E-state index is 15.1. The van der Waals surface area contributed by atoms with Crippen molar-refractivity contribution in [1.29, 1.82) is 0 Å². The normalized spacial score (nSPS) is 26.3. The van der Waals surface area contributed by atoms with Gasteiger partial charge >= 0.3 is 6.18 Å². The van der Waals surface area contributed by atoms with Crippen LogP contribution in [-0.4, -0.2) is 159 Å². The van der Waals surface area contributed by atoms with Gasteiger partial charge in [0.25, 0.3) is 0 Å². The van der Waals surface area contributed by atoms with Gasteiger partial charge in [0, 0.05) is 64.4 Å². The second-order valence-electron chi connectivity index (χ2n) is 19.3. The van der Waals surface area contributed by atoms with Crippen molar-refractivity contribution in [2.24, 2.45) is 16.7 Å². The summed E-state index contributed by atoms with van der Waals surface area (Å²) in [5.41, 5.74) is -2.92. The fourth-order valence-electron chi connectivity index (χ4n) is 10.0. The van der Waals surface area contributed by atoms with Crippen LogP contribution in [0.3, 0.4) is 0 Å². The summed E-state index contributed by atoms with van der Waals surface area (Å²) in [4.78, 5) is 102. The van der Waals surface area contributed by atoms with Crippen LogP contribution >= 0.6 is 23.2 Å². The van der Waals surface area contributed by atoms with Gasteiger partial charge in [-0.05, 0) is 92.9 Å². The van der Waals surface area contributed by atoms with Gasteiger partial charge in [-0.3, -0.25) is 33.6 Å². The number of hydrogen-bond acceptors (Lipinski definition) is 9. The zero-order valence-corrected chi connectivity index (χ0v) is 41.0. The van der Waals surface area contributed by atoms with E-state index in [2.05, 4.69) is 21.3 Å².